The summed E-state index contributed by atoms with van der Waals surface area (Å²) in [5.41, 5.74) is 2.97. The van der Waals surface area contributed by atoms with Gasteiger partial charge in [0, 0.05) is 12.2 Å². The van der Waals surface area contributed by atoms with Gasteiger partial charge in [-0.05, 0) is 38.8 Å². The molecule has 0 aliphatic rings. The summed E-state index contributed by atoms with van der Waals surface area (Å²) in [7, 11) is 0. The smallest absolute Gasteiger partial charge is 0.271 e. The molecule has 3 N–H and O–H groups in total. The number of nitrogens with two attached hydrogens (primary N) is 1. The highest BCUT2D eigenvalue weighted by Crippen LogP contribution is 2.22. The van der Waals surface area contributed by atoms with Crippen LogP contribution in [-0.2, 0) is 11.2 Å². The van der Waals surface area contributed by atoms with Crippen LogP contribution in [0.3, 0.4) is 0 Å². The van der Waals surface area contributed by atoms with E-state index in [1.54, 1.807) is 4.68 Å². The minimum Gasteiger partial charge on any atom is -0.355 e. The van der Waals surface area contributed by atoms with Crippen LogP contribution in [-0.4, -0.2) is 42.4 Å². The van der Waals surface area contributed by atoms with E-state index in [0.29, 0.717) is 17.6 Å². The van der Waals surface area contributed by atoms with Crippen LogP contribution >= 0.6 is 11.8 Å². The highest BCUT2D eigenvalue weighted by atomic mass is 32.2. The molecular formula is C18H23N7OS. The second-order valence-corrected chi connectivity index (χ2v) is 7.59. The third-order valence-corrected chi connectivity index (χ3v) is 5.11. The molecule has 8 nitrogen and oxygen atoms in total. The zero-order valence-corrected chi connectivity index (χ0v) is 16.4. The number of thioether (sulfide) groups is 1. The summed E-state index contributed by atoms with van der Waals surface area (Å²) in [6.45, 7) is 6.22. The number of hydrogen-bond acceptors (Lipinski definition) is 6. The number of nitrogens with zero attached hydrogens (tertiary/aromatic N) is 5. The summed E-state index contributed by atoms with van der Waals surface area (Å²) in [4.78, 5) is 12.3. The van der Waals surface area contributed by atoms with Crippen molar-refractivity contribution < 1.29 is 4.79 Å². The second kappa shape index (κ2) is 8.26. The van der Waals surface area contributed by atoms with Gasteiger partial charge in [0.1, 0.15) is 0 Å². The number of carbonyl (C=O) groups excluding carboxylic acids is 1. The van der Waals surface area contributed by atoms with Crippen molar-refractivity contribution >= 4 is 17.7 Å². The van der Waals surface area contributed by atoms with Gasteiger partial charge < -0.3 is 11.2 Å². The first-order valence-electron chi connectivity index (χ1n) is 8.68. The summed E-state index contributed by atoms with van der Waals surface area (Å²) in [5, 5.41) is 15.6. The molecule has 0 bridgehead atoms. The topological polar surface area (TPSA) is 104 Å². The third-order valence-electron chi connectivity index (χ3n) is 4.05. The molecule has 0 aliphatic carbocycles. The predicted octanol–water partition coefficient (Wildman–Crippen LogP) is 1.63. The number of nitrogen functional groups attached to an aromatic ring is 1. The Morgan fingerprint density at radius 3 is 2.67 bits per heavy atom. The first-order valence-corrected chi connectivity index (χ1v) is 9.56. The number of benzene rings is 1. The van der Waals surface area contributed by atoms with E-state index in [1.165, 1.54) is 22.0 Å². The largest absolute Gasteiger partial charge is 0.355 e. The molecule has 0 fully saturated rings. The van der Waals surface area contributed by atoms with Crippen LogP contribution in [0, 0.1) is 13.8 Å². The Bertz CT molecular complexity index is 919. The first kappa shape index (κ1) is 19.0. The standard InChI is InChI=1S/C18H23N7OS/c1-12-11-13(2)25(23-12)17-21-22-18(24(17)19)27-14(3)16(26)20-10-9-15-7-5-4-6-8-15/h4-8,11,14H,9-10,19H2,1-3H3,(H,20,26). The van der Waals surface area contributed by atoms with Gasteiger partial charge in [0.2, 0.25) is 11.1 Å². The van der Waals surface area contributed by atoms with Crippen LogP contribution in [0.5, 0.6) is 0 Å². The van der Waals surface area contributed by atoms with Crippen LogP contribution in [0.25, 0.3) is 5.95 Å². The van der Waals surface area contributed by atoms with Gasteiger partial charge in [-0.3, -0.25) is 4.79 Å². The SMILES string of the molecule is Cc1cc(C)n(-c2nnc(SC(C)C(=O)NCCc3ccccc3)n2N)n1. The maximum Gasteiger partial charge on any atom is 0.271 e. The lowest BCUT2D eigenvalue weighted by Crippen LogP contribution is -2.32. The summed E-state index contributed by atoms with van der Waals surface area (Å²) in [6.07, 6.45) is 0.791. The lowest BCUT2D eigenvalue weighted by atomic mass is 10.1. The normalized spacial score (nSPS) is 12.1. The first-order chi connectivity index (χ1) is 13.0. The lowest BCUT2D eigenvalue weighted by Gasteiger charge is -2.11. The Balaban J connectivity index is 1.58. The molecule has 0 spiro atoms. The molecule has 1 atom stereocenters. The maximum absolute atomic E-state index is 12.3. The van der Waals surface area contributed by atoms with E-state index in [4.69, 9.17) is 5.84 Å². The number of aromatic nitrogens is 5. The van der Waals surface area contributed by atoms with E-state index in [9.17, 15) is 4.79 Å². The van der Waals surface area contributed by atoms with Crippen LogP contribution in [0.4, 0.5) is 0 Å². The van der Waals surface area contributed by atoms with E-state index in [1.807, 2.05) is 57.2 Å². The number of hydrogen-bond donors (Lipinski definition) is 2. The summed E-state index contributed by atoms with van der Waals surface area (Å²) in [6, 6.07) is 12.0. The van der Waals surface area contributed by atoms with Crippen molar-refractivity contribution in [3.8, 4) is 5.95 Å². The molecule has 142 valence electrons. The van der Waals surface area contributed by atoms with Crippen molar-refractivity contribution in [3.05, 3.63) is 53.3 Å². The molecular weight excluding hydrogens is 362 g/mol. The van der Waals surface area contributed by atoms with Crippen molar-refractivity contribution in [3.63, 3.8) is 0 Å². The van der Waals surface area contributed by atoms with Gasteiger partial charge in [-0.1, -0.05) is 42.1 Å². The molecule has 27 heavy (non-hydrogen) atoms. The monoisotopic (exact) mass is 385 g/mol. The van der Waals surface area contributed by atoms with Gasteiger partial charge in [0.15, 0.2) is 0 Å². The van der Waals surface area contributed by atoms with Crippen LogP contribution in [0.1, 0.15) is 23.9 Å². The Labute approximate surface area is 162 Å². The van der Waals surface area contributed by atoms with E-state index in [0.717, 1.165) is 17.8 Å². The minimum atomic E-state index is -0.347. The van der Waals surface area contributed by atoms with Gasteiger partial charge in [0.25, 0.3) is 5.95 Å². The van der Waals surface area contributed by atoms with Gasteiger partial charge >= 0.3 is 0 Å². The number of nitrogens with one attached hydrogen (secondary N) is 1. The molecule has 3 aromatic rings. The highest BCUT2D eigenvalue weighted by molar-refractivity contribution is 8.00. The molecule has 2 aromatic heterocycles. The number of carbonyl (C=O) groups is 1. The summed E-state index contributed by atoms with van der Waals surface area (Å²) in [5.74, 6) is 6.47. The number of aryl methyl sites for hydroxylation is 2. The van der Waals surface area contributed by atoms with E-state index in [-0.39, 0.29) is 11.2 Å². The molecule has 0 radical (unpaired) electrons. The molecule has 1 aromatic carbocycles. The van der Waals surface area contributed by atoms with E-state index >= 15 is 0 Å². The Hall–Kier alpha value is -2.81. The zero-order valence-electron chi connectivity index (χ0n) is 15.6. The zero-order chi connectivity index (χ0) is 19.4. The second-order valence-electron chi connectivity index (χ2n) is 6.28. The van der Waals surface area contributed by atoms with Gasteiger partial charge in [-0.15, -0.1) is 10.2 Å². The summed E-state index contributed by atoms with van der Waals surface area (Å²) >= 11 is 1.26. The van der Waals surface area contributed by atoms with Gasteiger partial charge in [0.05, 0.1) is 10.9 Å². The minimum absolute atomic E-state index is 0.0633. The van der Waals surface area contributed by atoms with E-state index in [2.05, 4.69) is 20.6 Å². The van der Waals surface area contributed by atoms with Gasteiger partial charge in [-0.2, -0.15) is 5.10 Å². The summed E-state index contributed by atoms with van der Waals surface area (Å²) < 4.78 is 2.99. The fourth-order valence-corrected chi connectivity index (χ4v) is 3.45. The third kappa shape index (κ3) is 4.48. The van der Waals surface area contributed by atoms with Crippen LogP contribution < -0.4 is 11.2 Å². The van der Waals surface area contributed by atoms with Crippen molar-refractivity contribution in [2.45, 2.75) is 37.6 Å². The number of amides is 1. The fraction of sp³-hybridized carbons (Fsp3) is 0.333. The van der Waals surface area contributed by atoms with E-state index < -0.39 is 0 Å². The average Bonchev–Trinajstić information content (AvgIpc) is 3.17. The molecule has 3 rings (SSSR count). The molecule has 0 aliphatic heterocycles. The van der Waals surface area contributed by atoms with Crippen molar-refractivity contribution in [2.24, 2.45) is 0 Å². The predicted molar refractivity (Wildman–Crippen MR) is 105 cm³/mol. The maximum atomic E-state index is 12.3. The molecule has 0 saturated heterocycles. The van der Waals surface area contributed by atoms with Gasteiger partial charge in [-0.25, -0.2) is 9.36 Å². The van der Waals surface area contributed by atoms with Crippen LogP contribution in [0.15, 0.2) is 41.6 Å². The quantitative estimate of drug-likeness (QED) is 0.473. The Morgan fingerprint density at radius 2 is 2.00 bits per heavy atom. The average molecular weight is 385 g/mol. The fourth-order valence-electron chi connectivity index (χ4n) is 2.66. The molecule has 1 unspecified atom stereocenters. The van der Waals surface area contributed by atoms with Crippen molar-refractivity contribution in [2.75, 3.05) is 12.4 Å². The molecule has 0 saturated carbocycles. The molecule has 1 amide bonds. The van der Waals surface area contributed by atoms with Crippen LogP contribution in [0.2, 0.25) is 0 Å². The van der Waals surface area contributed by atoms with Crippen molar-refractivity contribution in [1.82, 2.24) is 30.0 Å². The van der Waals surface area contributed by atoms with Crippen molar-refractivity contribution in [1.29, 1.82) is 0 Å². The molecule has 2 heterocycles. The Kier molecular flexibility index (Phi) is 5.80. The Morgan fingerprint density at radius 1 is 1.26 bits per heavy atom. The number of rotatable bonds is 7. The molecule has 9 heteroatoms. The lowest BCUT2D eigenvalue weighted by molar-refractivity contribution is -0.120. The highest BCUT2D eigenvalue weighted by Gasteiger charge is 2.20.